The highest BCUT2D eigenvalue weighted by atomic mass is 15.1. The maximum atomic E-state index is 4.66. The van der Waals surface area contributed by atoms with Crippen molar-refractivity contribution in [2.24, 2.45) is 0 Å². The predicted molar refractivity (Wildman–Crippen MR) is 123 cm³/mol. The van der Waals surface area contributed by atoms with Crippen LogP contribution in [0.15, 0.2) is 42.6 Å². The third-order valence-corrected chi connectivity index (χ3v) is 6.46. The number of piperidine rings is 1. The summed E-state index contributed by atoms with van der Waals surface area (Å²) in [6, 6.07) is 11.0. The van der Waals surface area contributed by atoms with Gasteiger partial charge in [-0.25, -0.2) is 4.98 Å². The SMILES string of the molecule is C1=C(c2ccc3[nH]nc(-c4cc5c(N6CCCCC6)ccnc5[nH]4)c3c2)CCNC1. The standard InChI is InChI=1S/C24H26N6/c1-2-12-30(13-3-1)22-8-11-26-24-19(22)15-21(27-24)23-18-14-17(4-5-20(18)28-29-23)16-6-9-25-10-7-16/h4-6,8,11,14-15,25H,1-3,7,9-10,12-13H2,(H,26,27)(H,28,29). The van der Waals surface area contributed by atoms with Crippen LogP contribution >= 0.6 is 0 Å². The first-order chi connectivity index (χ1) is 14.9. The van der Waals surface area contributed by atoms with E-state index in [2.05, 4.69) is 66.8 Å². The highest BCUT2D eigenvalue weighted by Gasteiger charge is 2.18. The minimum absolute atomic E-state index is 0.932. The molecule has 3 N–H and O–H groups in total. The van der Waals surface area contributed by atoms with Crippen LogP contribution in [0.5, 0.6) is 0 Å². The number of nitrogens with zero attached hydrogens (tertiary/aromatic N) is 3. The number of hydrogen-bond donors (Lipinski definition) is 3. The molecular weight excluding hydrogens is 372 g/mol. The number of nitrogens with one attached hydrogen (secondary N) is 3. The van der Waals surface area contributed by atoms with Crippen LogP contribution in [0.4, 0.5) is 5.69 Å². The van der Waals surface area contributed by atoms with Crippen LogP contribution in [0, 0.1) is 0 Å². The Labute approximate surface area is 175 Å². The van der Waals surface area contributed by atoms with Crippen LogP contribution in [-0.4, -0.2) is 46.3 Å². The smallest absolute Gasteiger partial charge is 0.139 e. The summed E-state index contributed by atoms with van der Waals surface area (Å²) < 4.78 is 0. The van der Waals surface area contributed by atoms with Gasteiger partial charge < -0.3 is 15.2 Å². The Hall–Kier alpha value is -3.12. The molecule has 0 spiro atoms. The van der Waals surface area contributed by atoms with E-state index in [1.165, 1.54) is 41.5 Å². The number of pyridine rings is 1. The molecule has 6 rings (SSSR count). The number of benzene rings is 1. The number of fused-ring (bicyclic) bond motifs is 2. The summed E-state index contributed by atoms with van der Waals surface area (Å²) in [6.07, 6.45) is 9.13. The molecule has 30 heavy (non-hydrogen) atoms. The van der Waals surface area contributed by atoms with E-state index in [0.717, 1.165) is 60.5 Å². The lowest BCUT2D eigenvalue weighted by atomic mass is 9.98. The van der Waals surface area contributed by atoms with Gasteiger partial charge in [0.15, 0.2) is 0 Å². The molecule has 0 saturated carbocycles. The van der Waals surface area contributed by atoms with Gasteiger partial charge in [0.1, 0.15) is 11.3 Å². The summed E-state index contributed by atoms with van der Waals surface area (Å²) in [5, 5.41) is 13.6. The lowest BCUT2D eigenvalue weighted by Crippen LogP contribution is -2.29. The molecule has 0 bridgehead atoms. The van der Waals surface area contributed by atoms with Gasteiger partial charge in [-0.05, 0) is 67.6 Å². The van der Waals surface area contributed by atoms with Crippen LogP contribution < -0.4 is 10.2 Å². The third kappa shape index (κ3) is 2.99. The van der Waals surface area contributed by atoms with E-state index in [-0.39, 0.29) is 0 Å². The Bertz CT molecular complexity index is 1240. The number of anilines is 1. The zero-order chi connectivity index (χ0) is 19.9. The summed E-state index contributed by atoms with van der Waals surface area (Å²) in [5.74, 6) is 0. The fraction of sp³-hybridized carbons (Fsp3) is 0.333. The molecule has 6 heteroatoms. The van der Waals surface area contributed by atoms with Crippen molar-refractivity contribution in [3.05, 3.63) is 48.2 Å². The second kappa shape index (κ2) is 7.29. The van der Waals surface area contributed by atoms with Crippen molar-refractivity contribution >= 4 is 33.2 Å². The fourth-order valence-electron chi connectivity index (χ4n) is 4.85. The van der Waals surface area contributed by atoms with Crippen LogP contribution in [0.3, 0.4) is 0 Å². The van der Waals surface area contributed by atoms with Crippen molar-refractivity contribution < 1.29 is 0 Å². The van der Waals surface area contributed by atoms with Gasteiger partial charge in [-0.1, -0.05) is 12.1 Å². The van der Waals surface area contributed by atoms with Crippen LogP contribution in [0.25, 0.3) is 38.9 Å². The summed E-state index contributed by atoms with van der Waals surface area (Å²) in [7, 11) is 0. The minimum Gasteiger partial charge on any atom is -0.371 e. The lowest BCUT2D eigenvalue weighted by Gasteiger charge is -2.29. The number of aromatic nitrogens is 4. The Morgan fingerprint density at radius 2 is 1.90 bits per heavy atom. The second-order valence-corrected chi connectivity index (χ2v) is 8.34. The second-order valence-electron chi connectivity index (χ2n) is 8.34. The van der Waals surface area contributed by atoms with E-state index in [0.29, 0.717) is 0 Å². The molecule has 1 fully saturated rings. The molecular formula is C24H26N6. The predicted octanol–water partition coefficient (Wildman–Crippen LogP) is 4.47. The average Bonchev–Trinajstić information content (AvgIpc) is 3.43. The maximum absolute atomic E-state index is 4.66. The van der Waals surface area contributed by atoms with E-state index in [4.69, 9.17) is 0 Å². The van der Waals surface area contributed by atoms with Gasteiger partial charge in [0.05, 0.1) is 11.2 Å². The topological polar surface area (TPSA) is 72.6 Å². The molecule has 0 radical (unpaired) electrons. The Morgan fingerprint density at radius 3 is 2.77 bits per heavy atom. The highest BCUT2D eigenvalue weighted by Crippen LogP contribution is 2.34. The zero-order valence-corrected chi connectivity index (χ0v) is 17.0. The molecule has 2 aliphatic rings. The summed E-state index contributed by atoms with van der Waals surface area (Å²) in [6.45, 7) is 4.23. The maximum Gasteiger partial charge on any atom is 0.139 e. The summed E-state index contributed by atoms with van der Waals surface area (Å²) >= 11 is 0. The fourth-order valence-corrected chi connectivity index (χ4v) is 4.85. The van der Waals surface area contributed by atoms with E-state index in [1.807, 2.05) is 6.20 Å². The largest absolute Gasteiger partial charge is 0.371 e. The van der Waals surface area contributed by atoms with Gasteiger partial charge in [-0.15, -0.1) is 0 Å². The first-order valence-electron chi connectivity index (χ1n) is 11.0. The first kappa shape index (κ1) is 17.7. The van der Waals surface area contributed by atoms with Crippen molar-refractivity contribution in [3.8, 4) is 11.4 Å². The molecule has 0 amide bonds. The van der Waals surface area contributed by atoms with E-state index >= 15 is 0 Å². The molecule has 3 aromatic heterocycles. The van der Waals surface area contributed by atoms with Gasteiger partial charge in [0.2, 0.25) is 0 Å². The molecule has 5 heterocycles. The molecule has 152 valence electrons. The Kier molecular flexibility index (Phi) is 4.30. The Balaban J connectivity index is 1.44. The van der Waals surface area contributed by atoms with Gasteiger partial charge in [-0.2, -0.15) is 5.10 Å². The van der Waals surface area contributed by atoms with E-state index < -0.39 is 0 Å². The average molecular weight is 399 g/mol. The molecule has 0 aliphatic carbocycles. The summed E-state index contributed by atoms with van der Waals surface area (Å²) in [4.78, 5) is 10.6. The normalized spacial score (nSPS) is 17.6. The quantitative estimate of drug-likeness (QED) is 0.476. The van der Waals surface area contributed by atoms with Crippen LogP contribution in [-0.2, 0) is 0 Å². The zero-order valence-electron chi connectivity index (χ0n) is 17.0. The number of H-pyrrole nitrogens is 2. The summed E-state index contributed by atoms with van der Waals surface area (Å²) in [5.41, 5.74) is 7.95. The van der Waals surface area contributed by atoms with Crippen molar-refractivity contribution in [2.45, 2.75) is 25.7 Å². The lowest BCUT2D eigenvalue weighted by molar-refractivity contribution is 0.579. The Morgan fingerprint density at radius 1 is 0.967 bits per heavy atom. The molecule has 1 saturated heterocycles. The molecule has 0 unspecified atom stereocenters. The third-order valence-electron chi connectivity index (χ3n) is 6.46. The monoisotopic (exact) mass is 398 g/mol. The van der Waals surface area contributed by atoms with Crippen LogP contribution in [0.1, 0.15) is 31.2 Å². The van der Waals surface area contributed by atoms with Crippen molar-refractivity contribution in [1.82, 2.24) is 25.5 Å². The van der Waals surface area contributed by atoms with Crippen LogP contribution in [0.2, 0.25) is 0 Å². The van der Waals surface area contributed by atoms with E-state index in [9.17, 15) is 0 Å². The van der Waals surface area contributed by atoms with E-state index in [1.54, 1.807) is 0 Å². The molecule has 2 aliphatic heterocycles. The van der Waals surface area contributed by atoms with Crippen molar-refractivity contribution in [2.75, 3.05) is 31.1 Å². The molecule has 1 aromatic carbocycles. The molecule has 0 atom stereocenters. The molecule has 6 nitrogen and oxygen atoms in total. The highest BCUT2D eigenvalue weighted by molar-refractivity contribution is 5.99. The number of rotatable bonds is 3. The first-order valence-corrected chi connectivity index (χ1v) is 11.0. The van der Waals surface area contributed by atoms with Gasteiger partial charge >= 0.3 is 0 Å². The minimum atomic E-state index is 0.932. The number of hydrogen-bond acceptors (Lipinski definition) is 4. The van der Waals surface area contributed by atoms with Gasteiger partial charge in [0, 0.05) is 42.3 Å². The van der Waals surface area contributed by atoms with Gasteiger partial charge in [0.25, 0.3) is 0 Å². The molecule has 4 aromatic rings. The number of aromatic amines is 2. The van der Waals surface area contributed by atoms with Gasteiger partial charge in [-0.3, -0.25) is 5.10 Å². The van der Waals surface area contributed by atoms with Crippen molar-refractivity contribution in [1.29, 1.82) is 0 Å². The van der Waals surface area contributed by atoms with Crippen molar-refractivity contribution in [3.63, 3.8) is 0 Å².